The lowest BCUT2D eigenvalue weighted by Crippen LogP contribution is -2.47. The molecule has 0 unspecified atom stereocenters. The van der Waals surface area contributed by atoms with Gasteiger partial charge in [-0.25, -0.2) is 9.59 Å². The van der Waals surface area contributed by atoms with E-state index in [0.717, 1.165) is 5.56 Å². The number of aliphatic hydroxyl groups is 1. The Balaban J connectivity index is 2.09. The van der Waals surface area contributed by atoms with Crippen molar-refractivity contribution >= 4 is 17.9 Å². The van der Waals surface area contributed by atoms with Gasteiger partial charge in [-0.1, -0.05) is 17.3 Å². The number of phenols is 1. The highest BCUT2D eigenvalue weighted by molar-refractivity contribution is 5.83. The normalized spacial score (nSPS) is 13.7. The van der Waals surface area contributed by atoms with E-state index in [0.29, 0.717) is 6.42 Å². The number of benzene rings is 1. The molecule has 13 nitrogen and oxygen atoms in total. The fourth-order valence-electron chi connectivity index (χ4n) is 2.66. The summed E-state index contributed by atoms with van der Waals surface area (Å²) in [6.07, 6.45) is -0.269. The van der Waals surface area contributed by atoms with Crippen LogP contribution in [0.4, 0.5) is 4.79 Å². The van der Waals surface area contributed by atoms with E-state index < -0.39 is 42.6 Å². The Labute approximate surface area is 176 Å². The summed E-state index contributed by atoms with van der Waals surface area (Å²) in [5.74, 6) is -2.02. The van der Waals surface area contributed by atoms with Gasteiger partial charge in [-0.3, -0.25) is 4.79 Å². The molecule has 0 spiro atoms. The van der Waals surface area contributed by atoms with Crippen molar-refractivity contribution in [1.82, 2.24) is 20.8 Å². The zero-order chi connectivity index (χ0) is 23.0. The predicted octanol–water partition coefficient (Wildman–Crippen LogP) is -0.931. The fraction of sp³-hybridized carbons (Fsp3) is 0.389. The van der Waals surface area contributed by atoms with Crippen LogP contribution < -0.4 is 22.1 Å². The molecule has 168 valence electrons. The summed E-state index contributed by atoms with van der Waals surface area (Å²) in [7, 11) is 0. The van der Waals surface area contributed by atoms with Gasteiger partial charge in [-0.05, 0) is 24.1 Å². The van der Waals surface area contributed by atoms with Crippen molar-refractivity contribution in [2.24, 2.45) is 11.5 Å². The molecule has 0 fully saturated rings. The third-order valence-electron chi connectivity index (χ3n) is 4.21. The Morgan fingerprint density at radius 1 is 1.16 bits per heavy atom. The van der Waals surface area contributed by atoms with Gasteiger partial charge in [0.2, 0.25) is 11.8 Å². The fourth-order valence-corrected chi connectivity index (χ4v) is 2.66. The molecular formula is C18H24N6O7. The Morgan fingerprint density at radius 3 is 2.42 bits per heavy atom. The number of aromatic nitrogens is 2. The largest absolute Gasteiger partial charge is 0.508 e. The number of hydrogen-bond donors (Lipinski definition) is 7. The monoisotopic (exact) mass is 436 g/mol. The van der Waals surface area contributed by atoms with E-state index in [1.54, 1.807) is 12.1 Å². The highest BCUT2D eigenvalue weighted by atomic mass is 16.5. The van der Waals surface area contributed by atoms with Crippen LogP contribution in [-0.2, 0) is 16.0 Å². The number of urea groups is 1. The summed E-state index contributed by atoms with van der Waals surface area (Å²) < 4.78 is 5.12. The Kier molecular flexibility index (Phi) is 8.28. The molecule has 0 aliphatic heterocycles. The molecule has 31 heavy (non-hydrogen) atoms. The molecule has 2 aromatic rings. The van der Waals surface area contributed by atoms with Crippen LogP contribution in [0.3, 0.4) is 0 Å². The van der Waals surface area contributed by atoms with E-state index in [-0.39, 0.29) is 30.3 Å². The van der Waals surface area contributed by atoms with Crippen LogP contribution in [-0.4, -0.2) is 56.0 Å². The molecule has 1 aromatic carbocycles. The molecule has 2 rings (SSSR count). The second kappa shape index (κ2) is 10.9. The van der Waals surface area contributed by atoms with E-state index >= 15 is 0 Å². The number of aliphatic hydroxyl groups excluding tert-OH is 1. The third kappa shape index (κ3) is 7.24. The smallest absolute Gasteiger partial charge is 0.326 e. The Hall–Kier alpha value is -3.71. The van der Waals surface area contributed by atoms with Crippen LogP contribution in [0, 0.1) is 0 Å². The highest BCUT2D eigenvalue weighted by Gasteiger charge is 2.27. The molecule has 3 amide bonds. The van der Waals surface area contributed by atoms with E-state index in [1.807, 2.05) is 0 Å². The number of amides is 3. The molecular weight excluding hydrogens is 412 g/mol. The Morgan fingerprint density at radius 2 is 1.84 bits per heavy atom. The van der Waals surface area contributed by atoms with Crippen LogP contribution in [0.5, 0.6) is 5.75 Å². The van der Waals surface area contributed by atoms with Gasteiger partial charge in [0.15, 0.2) is 5.82 Å². The van der Waals surface area contributed by atoms with Crippen molar-refractivity contribution in [1.29, 1.82) is 0 Å². The zero-order valence-electron chi connectivity index (χ0n) is 16.4. The number of nitrogens with two attached hydrogens (primary N) is 2. The quantitative estimate of drug-likeness (QED) is 0.229. The summed E-state index contributed by atoms with van der Waals surface area (Å²) in [5.41, 5.74) is 12.1. The number of carboxylic acid groups (broad SMARTS) is 1. The van der Waals surface area contributed by atoms with Gasteiger partial charge in [0.25, 0.3) is 0 Å². The minimum Gasteiger partial charge on any atom is -0.508 e. The number of aromatic hydroxyl groups is 1. The van der Waals surface area contributed by atoms with Gasteiger partial charge in [0.05, 0.1) is 12.5 Å². The molecule has 0 aliphatic carbocycles. The molecule has 9 N–H and O–H groups in total. The summed E-state index contributed by atoms with van der Waals surface area (Å²) >= 11 is 0. The third-order valence-corrected chi connectivity index (χ3v) is 4.21. The number of nitrogens with zero attached hydrogens (tertiary/aromatic N) is 2. The number of nitrogens with one attached hydrogen (secondary N) is 2. The summed E-state index contributed by atoms with van der Waals surface area (Å²) in [6.45, 7) is -0.450. The highest BCUT2D eigenvalue weighted by Crippen LogP contribution is 2.20. The summed E-state index contributed by atoms with van der Waals surface area (Å²) in [5, 5.41) is 35.6. The number of aliphatic carboxylic acids is 1. The van der Waals surface area contributed by atoms with Crippen LogP contribution in [0.1, 0.15) is 42.2 Å². The number of phenolic OH excluding ortho intramolecular Hbond substituents is 1. The van der Waals surface area contributed by atoms with Crippen molar-refractivity contribution in [3.63, 3.8) is 0 Å². The van der Waals surface area contributed by atoms with E-state index in [4.69, 9.17) is 26.2 Å². The first kappa shape index (κ1) is 23.6. The standard InChI is InChI=1S/C18H24N6O7/c19-11(7-9-1-3-10(26)4-2-9)15-23-16(31-24-15)13(8-14(20)27)22-18(30)21-12(5-6-25)17(28)29/h1-4,11-13,25-26H,5-8,19H2,(H2,20,27)(H,28,29)(H2,21,22,30)/t11-,12-,13-/m0/s1. The van der Waals surface area contributed by atoms with E-state index in [9.17, 15) is 19.5 Å². The molecule has 1 aromatic heterocycles. The number of rotatable bonds is 11. The molecule has 0 bridgehead atoms. The lowest BCUT2D eigenvalue weighted by atomic mass is 10.1. The molecule has 3 atom stereocenters. The first-order valence-corrected chi connectivity index (χ1v) is 9.25. The lowest BCUT2D eigenvalue weighted by Gasteiger charge is -2.17. The Bertz CT molecular complexity index is 901. The number of primary amides is 1. The topological polar surface area (TPSA) is 227 Å². The first-order chi connectivity index (χ1) is 14.7. The average molecular weight is 436 g/mol. The summed E-state index contributed by atoms with van der Waals surface area (Å²) in [4.78, 5) is 38.8. The summed E-state index contributed by atoms with van der Waals surface area (Å²) in [6, 6.07) is 2.32. The number of carbonyl (C=O) groups excluding carboxylic acids is 2. The number of carbonyl (C=O) groups is 3. The van der Waals surface area contributed by atoms with Crippen molar-refractivity contribution in [3.8, 4) is 5.75 Å². The molecule has 13 heteroatoms. The number of carboxylic acids is 1. The zero-order valence-corrected chi connectivity index (χ0v) is 16.4. The van der Waals surface area contributed by atoms with Gasteiger partial charge in [0, 0.05) is 13.0 Å². The van der Waals surface area contributed by atoms with Gasteiger partial charge in [0.1, 0.15) is 17.8 Å². The number of hydrogen-bond acceptors (Lipinski definition) is 9. The predicted molar refractivity (Wildman–Crippen MR) is 104 cm³/mol. The van der Waals surface area contributed by atoms with Crippen LogP contribution >= 0.6 is 0 Å². The van der Waals surface area contributed by atoms with Crippen molar-refractivity contribution in [2.45, 2.75) is 37.4 Å². The minimum atomic E-state index is -1.34. The SMILES string of the molecule is NC(=O)C[C@H](NC(=O)N[C@@H](CCO)C(=O)O)c1nc([C@@H](N)Cc2ccc(O)cc2)no1. The lowest BCUT2D eigenvalue weighted by molar-refractivity contribution is -0.139. The van der Waals surface area contributed by atoms with E-state index in [1.165, 1.54) is 12.1 Å². The van der Waals surface area contributed by atoms with Crippen LogP contribution in [0.2, 0.25) is 0 Å². The minimum absolute atomic E-state index is 0.113. The second-order valence-electron chi connectivity index (χ2n) is 6.71. The maximum atomic E-state index is 12.2. The molecule has 0 radical (unpaired) electrons. The molecule has 0 saturated heterocycles. The van der Waals surface area contributed by atoms with Crippen LogP contribution in [0.25, 0.3) is 0 Å². The first-order valence-electron chi connectivity index (χ1n) is 9.25. The van der Waals surface area contributed by atoms with Crippen molar-refractivity contribution in [3.05, 3.63) is 41.5 Å². The second-order valence-corrected chi connectivity index (χ2v) is 6.71. The average Bonchev–Trinajstić information content (AvgIpc) is 3.19. The molecule has 0 aliphatic rings. The van der Waals surface area contributed by atoms with Crippen LogP contribution in [0.15, 0.2) is 28.8 Å². The van der Waals surface area contributed by atoms with Gasteiger partial charge in [-0.15, -0.1) is 0 Å². The van der Waals surface area contributed by atoms with Gasteiger partial charge >= 0.3 is 12.0 Å². The van der Waals surface area contributed by atoms with Gasteiger partial charge < -0.3 is 41.9 Å². The molecule has 1 heterocycles. The van der Waals surface area contributed by atoms with Crippen molar-refractivity contribution < 1.29 is 34.2 Å². The van der Waals surface area contributed by atoms with Gasteiger partial charge in [-0.2, -0.15) is 4.98 Å². The maximum absolute atomic E-state index is 12.2. The molecule has 0 saturated carbocycles. The van der Waals surface area contributed by atoms with Crippen molar-refractivity contribution in [2.75, 3.05) is 6.61 Å². The van der Waals surface area contributed by atoms with E-state index in [2.05, 4.69) is 20.8 Å². The maximum Gasteiger partial charge on any atom is 0.326 e.